The Morgan fingerprint density at radius 1 is 1.06 bits per heavy atom. The van der Waals surface area contributed by atoms with Crippen molar-refractivity contribution in [1.82, 2.24) is 14.9 Å². The molecule has 0 saturated carbocycles. The molecule has 178 valence electrons. The minimum Gasteiger partial charge on any atom is -0.493 e. The Hall–Kier alpha value is -3.36. The molecule has 0 aliphatic heterocycles. The number of amides is 1. The van der Waals surface area contributed by atoms with Gasteiger partial charge in [-0.3, -0.25) is 19.0 Å². The summed E-state index contributed by atoms with van der Waals surface area (Å²) < 4.78 is 1.18. The largest absolute Gasteiger partial charge is 0.493 e. The number of aromatic nitrogens is 2. The van der Waals surface area contributed by atoms with E-state index in [4.69, 9.17) is 28.3 Å². The number of carboxylic acid groups (broad SMARTS) is 1. The van der Waals surface area contributed by atoms with E-state index in [1.807, 2.05) is 24.3 Å². The van der Waals surface area contributed by atoms with Crippen LogP contribution >= 0.6 is 23.2 Å². The smallest absolute Gasteiger partial charge is 0.322 e. The minimum atomic E-state index is -1.31. The molecule has 3 aromatic rings. The van der Waals surface area contributed by atoms with Gasteiger partial charge < -0.3 is 15.5 Å². The molecule has 2 aromatic carbocycles. The predicted molar refractivity (Wildman–Crippen MR) is 130 cm³/mol. The van der Waals surface area contributed by atoms with Gasteiger partial charge in [0.2, 0.25) is 5.88 Å². The summed E-state index contributed by atoms with van der Waals surface area (Å²) in [5, 5.41) is 21.7. The lowest BCUT2D eigenvalue weighted by Gasteiger charge is -2.20. The summed E-state index contributed by atoms with van der Waals surface area (Å²) in [7, 11) is 0. The summed E-state index contributed by atoms with van der Waals surface area (Å²) in [6.07, 6.45) is 0. The molecular formula is C24H23Cl2N3O5. The number of hydrogen-bond acceptors (Lipinski definition) is 5. The number of rotatable bonds is 6. The molecule has 0 atom stereocenters. The van der Waals surface area contributed by atoms with Crippen molar-refractivity contribution in [3.05, 3.63) is 79.6 Å². The van der Waals surface area contributed by atoms with Crippen LogP contribution in [0.15, 0.2) is 47.3 Å². The van der Waals surface area contributed by atoms with Gasteiger partial charge >= 0.3 is 5.97 Å². The molecule has 0 spiro atoms. The minimum absolute atomic E-state index is 0.00731. The molecule has 0 saturated heterocycles. The normalized spacial score (nSPS) is 11.3. The molecule has 34 heavy (non-hydrogen) atoms. The fraction of sp³-hybridized carbons (Fsp3) is 0.250. The zero-order valence-corrected chi connectivity index (χ0v) is 20.2. The van der Waals surface area contributed by atoms with Crippen LogP contribution in [0.4, 0.5) is 0 Å². The molecule has 3 rings (SSSR count). The summed E-state index contributed by atoms with van der Waals surface area (Å²) in [6, 6.07) is 12.3. The van der Waals surface area contributed by atoms with Crippen molar-refractivity contribution in [2.75, 3.05) is 6.54 Å². The van der Waals surface area contributed by atoms with E-state index in [0.717, 1.165) is 11.1 Å². The maximum absolute atomic E-state index is 13.4. The lowest BCUT2D eigenvalue weighted by molar-refractivity contribution is -0.135. The van der Waals surface area contributed by atoms with E-state index in [9.17, 15) is 19.5 Å². The second-order valence-corrected chi connectivity index (χ2v) is 9.46. The first-order chi connectivity index (χ1) is 15.9. The van der Waals surface area contributed by atoms with Crippen LogP contribution in [-0.2, 0) is 16.8 Å². The van der Waals surface area contributed by atoms with E-state index >= 15 is 0 Å². The Labute approximate surface area is 205 Å². The quantitative estimate of drug-likeness (QED) is 0.465. The molecule has 0 radical (unpaired) electrons. The van der Waals surface area contributed by atoms with Gasteiger partial charge in [0.05, 0.1) is 22.2 Å². The molecule has 0 bridgehead atoms. The van der Waals surface area contributed by atoms with Gasteiger partial charge in [0.15, 0.2) is 5.56 Å². The van der Waals surface area contributed by atoms with Crippen molar-refractivity contribution in [2.24, 2.45) is 0 Å². The Kier molecular flexibility index (Phi) is 7.33. The monoisotopic (exact) mass is 503 g/mol. The van der Waals surface area contributed by atoms with Crippen molar-refractivity contribution in [3.63, 3.8) is 0 Å². The van der Waals surface area contributed by atoms with Crippen molar-refractivity contribution in [1.29, 1.82) is 0 Å². The fourth-order valence-corrected chi connectivity index (χ4v) is 3.89. The van der Waals surface area contributed by atoms with Crippen LogP contribution < -0.4 is 10.9 Å². The van der Waals surface area contributed by atoms with Gasteiger partial charge in [-0.1, -0.05) is 74.3 Å². The molecule has 0 unspecified atom stereocenters. The van der Waals surface area contributed by atoms with E-state index in [-0.39, 0.29) is 33.4 Å². The Balaban J connectivity index is 2.19. The topological polar surface area (TPSA) is 122 Å². The highest BCUT2D eigenvalue weighted by Crippen LogP contribution is 2.34. The van der Waals surface area contributed by atoms with Crippen LogP contribution in [0, 0.1) is 0 Å². The van der Waals surface area contributed by atoms with E-state index < -0.39 is 35.4 Å². The second-order valence-electron chi connectivity index (χ2n) is 8.65. The second kappa shape index (κ2) is 9.87. The Morgan fingerprint density at radius 2 is 1.65 bits per heavy atom. The molecule has 1 heterocycles. The highest BCUT2D eigenvalue weighted by molar-refractivity contribution is 6.39. The summed E-state index contributed by atoms with van der Waals surface area (Å²) in [5.41, 5.74) is 0.406. The molecule has 1 amide bonds. The molecule has 0 aliphatic carbocycles. The van der Waals surface area contributed by atoms with Crippen LogP contribution in [-0.4, -0.2) is 38.2 Å². The number of aliphatic carboxylic acids is 1. The first-order valence-corrected chi connectivity index (χ1v) is 11.0. The first kappa shape index (κ1) is 25.3. The summed E-state index contributed by atoms with van der Waals surface area (Å²) in [4.78, 5) is 40.8. The molecule has 8 nitrogen and oxygen atoms in total. The standard InChI is InChI=1S/C24H23Cl2N3O5/c1-24(2,3)14-9-7-13(8-10-14)12-29-20(18-15(25)5-4-6-16(18)26)28-22(33)19(23(29)34)21(32)27-11-17(30)31/h4-10,33H,11-12H2,1-3H3,(H,27,32)(H,30,31). The Bertz CT molecular complexity index is 1290. The predicted octanol–water partition coefficient (Wildman–Crippen LogP) is 4.08. The van der Waals surface area contributed by atoms with Crippen LogP contribution in [0.1, 0.15) is 42.3 Å². The van der Waals surface area contributed by atoms with E-state index in [1.165, 1.54) is 4.57 Å². The lowest BCUT2D eigenvalue weighted by Crippen LogP contribution is -2.37. The van der Waals surface area contributed by atoms with Crippen molar-refractivity contribution in [3.8, 4) is 17.3 Å². The van der Waals surface area contributed by atoms with E-state index in [2.05, 4.69) is 31.1 Å². The number of aromatic hydroxyl groups is 1. The number of nitrogens with one attached hydrogen (secondary N) is 1. The van der Waals surface area contributed by atoms with Crippen molar-refractivity contribution < 1.29 is 19.8 Å². The third kappa shape index (κ3) is 5.40. The maximum Gasteiger partial charge on any atom is 0.322 e. The number of benzene rings is 2. The number of nitrogens with zero attached hydrogens (tertiary/aromatic N) is 2. The van der Waals surface area contributed by atoms with Gasteiger partial charge in [0.25, 0.3) is 11.5 Å². The molecule has 1 aromatic heterocycles. The third-order valence-electron chi connectivity index (χ3n) is 5.12. The zero-order chi connectivity index (χ0) is 25.2. The average molecular weight is 504 g/mol. The summed E-state index contributed by atoms with van der Waals surface area (Å²) in [6.45, 7) is 5.50. The number of carbonyl (C=O) groups excluding carboxylic acids is 1. The van der Waals surface area contributed by atoms with E-state index in [1.54, 1.807) is 18.2 Å². The Morgan fingerprint density at radius 3 is 2.18 bits per heavy atom. The number of carboxylic acids is 1. The molecule has 10 heteroatoms. The number of halogens is 2. The molecule has 0 fully saturated rings. The first-order valence-electron chi connectivity index (χ1n) is 10.3. The van der Waals surface area contributed by atoms with Crippen LogP contribution in [0.2, 0.25) is 10.0 Å². The molecular weight excluding hydrogens is 481 g/mol. The number of carbonyl (C=O) groups is 2. The van der Waals surface area contributed by atoms with Crippen molar-refractivity contribution in [2.45, 2.75) is 32.7 Å². The van der Waals surface area contributed by atoms with Gasteiger partial charge in [-0.2, -0.15) is 4.98 Å². The van der Waals surface area contributed by atoms with Gasteiger partial charge in [-0.05, 0) is 28.7 Å². The highest BCUT2D eigenvalue weighted by Gasteiger charge is 2.25. The highest BCUT2D eigenvalue weighted by atomic mass is 35.5. The van der Waals surface area contributed by atoms with Gasteiger partial charge in [-0.25, -0.2) is 0 Å². The van der Waals surface area contributed by atoms with E-state index in [0.29, 0.717) is 0 Å². The maximum atomic E-state index is 13.4. The van der Waals surface area contributed by atoms with Crippen LogP contribution in [0.5, 0.6) is 5.88 Å². The fourth-order valence-electron chi connectivity index (χ4n) is 3.33. The van der Waals surface area contributed by atoms with Gasteiger partial charge in [-0.15, -0.1) is 0 Å². The average Bonchev–Trinajstić information content (AvgIpc) is 2.74. The SMILES string of the molecule is CC(C)(C)c1ccc(Cn2c(-c3c(Cl)cccc3Cl)nc(O)c(C(=O)NCC(=O)O)c2=O)cc1. The zero-order valence-electron chi connectivity index (χ0n) is 18.7. The van der Waals surface area contributed by atoms with Gasteiger partial charge in [0.1, 0.15) is 12.4 Å². The van der Waals surface area contributed by atoms with Crippen molar-refractivity contribution >= 4 is 35.1 Å². The number of hydrogen-bond donors (Lipinski definition) is 3. The summed E-state index contributed by atoms with van der Waals surface area (Å²) in [5.74, 6) is -3.27. The van der Waals surface area contributed by atoms with Gasteiger partial charge in [0, 0.05) is 0 Å². The lowest BCUT2D eigenvalue weighted by atomic mass is 9.87. The van der Waals surface area contributed by atoms with Crippen LogP contribution in [0.25, 0.3) is 11.4 Å². The molecule has 3 N–H and O–H groups in total. The van der Waals surface area contributed by atoms with Crippen LogP contribution in [0.3, 0.4) is 0 Å². The molecule has 0 aliphatic rings. The summed E-state index contributed by atoms with van der Waals surface area (Å²) >= 11 is 12.7. The third-order valence-corrected chi connectivity index (χ3v) is 5.75.